The van der Waals surface area contributed by atoms with E-state index in [0.29, 0.717) is 32.2 Å². The second-order valence-electron chi connectivity index (χ2n) is 11.4. The van der Waals surface area contributed by atoms with Crippen LogP contribution in [0.25, 0.3) is 0 Å². The van der Waals surface area contributed by atoms with Gasteiger partial charge in [0.25, 0.3) is 0 Å². The van der Waals surface area contributed by atoms with E-state index in [0.717, 1.165) is 19.3 Å². The van der Waals surface area contributed by atoms with Crippen LogP contribution in [0.3, 0.4) is 0 Å². The lowest BCUT2D eigenvalue weighted by Crippen LogP contribution is -2.59. The Hall–Kier alpha value is -1.54. The highest BCUT2D eigenvalue weighted by Crippen LogP contribution is 2.23. The van der Waals surface area contributed by atoms with Crippen LogP contribution in [0.1, 0.15) is 64.7 Å². The highest BCUT2D eigenvalue weighted by atomic mass is 16.7. The Balaban J connectivity index is 1.44. The predicted molar refractivity (Wildman–Crippen MR) is 152 cm³/mol. The Labute approximate surface area is 257 Å². The Morgan fingerprint density at radius 3 is 1.61 bits per heavy atom. The van der Waals surface area contributed by atoms with Gasteiger partial charge in [-0.25, -0.2) is 0 Å². The van der Waals surface area contributed by atoms with Crippen LogP contribution in [0.15, 0.2) is 0 Å². The molecule has 0 aromatic carbocycles. The normalized spacial score (nSPS) is 33.1. The summed E-state index contributed by atoms with van der Waals surface area (Å²) in [7, 11) is 0. The molecular weight excluding hydrogens is 588 g/mol. The summed E-state index contributed by atoms with van der Waals surface area (Å²) in [5.41, 5.74) is 0. The Bertz CT molecular complexity index is 821. The molecule has 0 aliphatic carbocycles. The molecule has 2 heterocycles. The van der Waals surface area contributed by atoms with Gasteiger partial charge in [0, 0.05) is 38.6 Å². The number of hydrogen-bond acceptors (Lipinski definition) is 14. The smallest absolute Gasteiger partial charge is 0.220 e. The molecule has 0 aromatic rings. The van der Waals surface area contributed by atoms with E-state index in [-0.39, 0.29) is 43.9 Å². The number of ether oxygens (including phenoxy) is 4. The molecule has 16 nitrogen and oxygen atoms in total. The molecule has 258 valence electrons. The van der Waals surface area contributed by atoms with Crippen LogP contribution < -0.4 is 10.6 Å². The monoisotopic (exact) mass is 640 g/mol. The van der Waals surface area contributed by atoms with Crippen molar-refractivity contribution in [2.24, 2.45) is 0 Å². The van der Waals surface area contributed by atoms with Crippen LogP contribution in [0.5, 0.6) is 0 Å². The number of carbonyl (C=O) groups excluding carboxylic acids is 2. The quantitative estimate of drug-likeness (QED) is 0.0587. The molecule has 2 saturated heterocycles. The number of aliphatic hydroxyl groups excluding tert-OH is 8. The van der Waals surface area contributed by atoms with Gasteiger partial charge in [-0.2, -0.15) is 0 Å². The topological polar surface area (TPSA) is 257 Å². The summed E-state index contributed by atoms with van der Waals surface area (Å²) < 4.78 is 21.4. The first-order chi connectivity index (χ1) is 21.0. The second kappa shape index (κ2) is 20.6. The van der Waals surface area contributed by atoms with E-state index < -0.39 is 74.6 Å². The van der Waals surface area contributed by atoms with Crippen LogP contribution in [-0.4, -0.2) is 153 Å². The highest BCUT2D eigenvalue weighted by Gasteiger charge is 2.45. The van der Waals surface area contributed by atoms with Gasteiger partial charge in [-0.3, -0.25) is 9.59 Å². The van der Waals surface area contributed by atoms with Gasteiger partial charge in [0.2, 0.25) is 11.8 Å². The molecule has 0 spiro atoms. The van der Waals surface area contributed by atoms with Crippen LogP contribution in [0, 0.1) is 0 Å². The lowest BCUT2D eigenvalue weighted by molar-refractivity contribution is -0.301. The molecule has 11 atom stereocenters. The van der Waals surface area contributed by atoms with Gasteiger partial charge in [-0.15, -0.1) is 0 Å². The van der Waals surface area contributed by atoms with E-state index in [4.69, 9.17) is 18.9 Å². The number of unbranched alkanes of at least 4 members (excludes halogenated alkanes) is 3. The van der Waals surface area contributed by atoms with Gasteiger partial charge >= 0.3 is 0 Å². The summed E-state index contributed by atoms with van der Waals surface area (Å²) in [4.78, 5) is 24.2. The predicted octanol–water partition coefficient (Wildman–Crippen LogP) is -3.25. The zero-order valence-corrected chi connectivity index (χ0v) is 25.3. The summed E-state index contributed by atoms with van der Waals surface area (Å²) in [5.74, 6) is -0.205. The van der Waals surface area contributed by atoms with E-state index in [2.05, 4.69) is 10.6 Å². The van der Waals surface area contributed by atoms with Crippen LogP contribution in [0.2, 0.25) is 0 Å². The van der Waals surface area contributed by atoms with Gasteiger partial charge in [0.1, 0.15) is 48.8 Å². The number of aliphatic hydroxyl groups is 8. The fourth-order valence-corrected chi connectivity index (χ4v) is 4.90. The molecule has 0 aromatic heterocycles. The van der Waals surface area contributed by atoms with Gasteiger partial charge in [0.15, 0.2) is 12.6 Å². The van der Waals surface area contributed by atoms with Crippen molar-refractivity contribution in [1.29, 1.82) is 0 Å². The van der Waals surface area contributed by atoms with Gasteiger partial charge in [0.05, 0.1) is 13.2 Å². The summed E-state index contributed by atoms with van der Waals surface area (Å²) >= 11 is 0. The molecular formula is C28H52N2O14. The van der Waals surface area contributed by atoms with Crippen LogP contribution in [0.4, 0.5) is 0 Å². The number of nitrogens with one attached hydrogen (secondary N) is 2. The summed E-state index contributed by atoms with van der Waals surface area (Å²) in [5, 5.41) is 83.2. The van der Waals surface area contributed by atoms with Crippen molar-refractivity contribution in [3.8, 4) is 0 Å². The van der Waals surface area contributed by atoms with E-state index in [1.807, 2.05) is 6.92 Å². The average molecular weight is 641 g/mol. The number of rotatable bonds is 20. The van der Waals surface area contributed by atoms with Crippen molar-refractivity contribution in [3.05, 3.63) is 0 Å². The van der Waals surface area contributed by atoms with Gasteiger partial charge < -0.3 is 70.4 Å². The first-order valence-electron chi connectivity index (χ1n) is 15.4. The maximum Gasteiger partial charge on any atom is 0.220 e. The van der Waals surface area contributed by atoms with Crippen LogP contribution in [-0.2, 0) is 28.5 Å². The third kappa shape index (κ3) is 12.7. The molecule has 2 amide bonds. The number of hydrogen-bond donors (Lipinski definition) is 10. The van der Waals surface area contributed by atoms with Crippen molar-refractivity contribution >= 4 is 11.8 Å². The Morgan fingerprint density at radius 1 is 0.659 bits per heavy atom. The molecule has 2 aliphatic heterocycles. The highest BCUT2D eigenvalue weighted by molar-refractivity contribution is 5.76. The first-order valence-corrected chi connectivity index (χ1v) is 15.4. The minimum Gasteiger partial charge on any atom is -0.394 e. The fourth-order valence-electron chi connectivity index (χ4n) is 4.90. The van der Waals surface area contributed by atoms with Gasteiger partial charge in [-0.05, 0) is 51.9 Å². The summed E-state index contributed by atoms with van der Waals surface area (Å²) in [6.07, 6.45) is -8.26. The summed E-state index contributed by atoms with van der Waals surface area (Å²) in [6, 6.07) is -0.0349. The average Bonchev–Trinajstić information content (AvgIpc) is 3.00. The summed E-state index contributed by atoms with van der Waals surface area (Å²) in [6.45, 7) is 1.68. The Kier molecular flexibility index (Phi) is 18.1. The molecule has 9 unspecified atom stereocenters. The van der Waals surface area contributed by atoms with E-state index in [1.165, 1.54) is 0 Å². The minimum atomic E-state index is -1.50. The standard InChI is InChI=1S/C28H52N2O14/c1-16(30-20(34)10-4-7-13-42-28-26(40)24(38)22(36)18(15-32)44-28)8-2-5-11-29-19(33)9-3-6-12-41-27-25(39)23(37)21(35)17(14-31)43-27/h16-18,21-28,31-32,35-40H,2-15H2,1H3,(H,29,33)(H,30,34)/t16-,17?,18?,21?,22?,23?,24?,25?,26?,27?,28+/m1/s1. The van der Waals surface area contributed by atoms with Gasteiger partial charge in [-0.1, -0.05) is 0 Å². The molecule has 0 saturated carbocycles. The van der Waals surface area contributed by atoms with Crippen molar-refractivity contribution in [3.63, 3.8) is 0 Å². The minimum absolute atomic E-state index is 0.0349. The maximum atomic E-state index is 12.2. The molecule has 16 heteroatoms. The molecule has 0 bridgehead atoms. The number of carbonyl (C=O) groups is 2. The molecule has 10 N–H and O–H groups in total. The zero-order valence-electron chi connectivity index (χ0n) is 25.3. The lowest BCUT2D eigenvalue weighted by Gasteiger charge is -2.39. The second-order valence-corrected chi connectivity index (χ2v) is 11.4. The molecule has 0 radical (unpaired) electrons. The van der Waals surface area contributed by atoms with Crippen molar-refractivity contribution < 1.29 is 69.4 Å². The first kappa shape index (κ1) is 38.6. The molecule has 44 heavy (non-hydrogen) atoms. The van der Waals surface area contributed by atoms with E-state index >= 15 is 0 Å². The maximum absolute atomic E-state index is 12.2. The van der Waals surface area contributed by atoms with Crippen molar-refractivity contribution in [2.75, 3.05) is 33.0 Å². The van der Waals surface area contributed by atoms with E-state index in [1.54, 1.807) is 0 Å². The molecule has 2 fully saturated rings. The molecule has 2 aliphatic rings. The lowest BCUT2D eigenvalue weighted by atomic mass is 9.99. The largest absolute Gasteiger partial charge is 0.394 e. The Morgan fingerprint density at radius 2 is 1.14 bits per heavy atom. The fraction of sp³-hybridized carbons (Fsp3) is 0.929. The molecule has 2 rings (SSSR count). The zero-order chi connectivity index (χ0) is 32.6. The van der Waals surface area contributed by atoms with E-state index in [9.17, 15) is 50.4 Å². The van der Waals surface area contributed by atoms with Crippen molar-refractivity contribution in [2.45, 2.75) is 132 Å². The number of amides is 2. The SMILES string of the molecule is C[C@H](CCCCNC(=O)CCCCOC1OC(CO)C(O)C(O)C1O)NC(=O)CCCCO[C@H]1OC(CO)C(O)C(O)C1O. The third-order valence-corrected chi connectivity index (χ3v) is 7.65. The van der Waals surface area contributed by atoms with Crippen molar-refractivity contribution in [1.82, 2.24) is 10.6 Å². The third-order valence-electron chi connectivity index (χ3n) is 7.65. The van der Waals surface area contributed by atoms with Crippen LogP contribution >= 0.6 is 0 Å².